The predicted octanol–water partition coefficient (Wildman–Crippen LogP) is 3.13. The summed E-state index contributed by atoms with van der Waals surface area (Å²) in [5, 5.41) is 16.5. The van der Waals surface area contributed by atoms with Gasteiger partial charge in [-0.1, -0.05) is 12.1 Å². The van der Waals surface area contributed by atoms with Crippen LogP contribution in [-0.4, -0.2) is 24.2 Å². The van der Waals surface area contributed by atoms with E-state index >= 15 is 0 Å². The largest absolute Gasteiger partial charge is 0.508 e. The second-order valence-electron chi connectivity index (χ2n) is 5.27. The Morgan fingerprint density at radius 3 is 2.82 bits per heavy atom. The first kappa shape index (κ1) is 18.8. The topological polar surface area (TPSA) is 56.7 Å². The number of rotatable bonds is 5. The molecule has 122 valence electrons. The van der Waals surface area contributed by atoms with Gasteiger partial charge in [0.15, 0.2) is 5.96 Å². The third kappa shape index (κ3) is 4.90. The van der Waals surface area contributed by atoms with E-state index in [0.29, 0.717) is 18.8 Å². The van der Waals surface area contributed by atoms with Gasteiger partial charge in [-0.05, 0) is 49.8 Å². The van der Waals surface area contributed by atoms with E-state index in [2.05, 4.69) is 28.3 Å². The van der Waals surface area contributed by atoms with Crippen molar-refractivity contribution in [3.05, 3.63) is 41.5 Å². The molecule has 0 heterocycles. The highest BCUT2D eigenvalue weighted by molar-refractivity contribution is 14.0. The summed E-state index contributed by atoms with van der Waals surface area (Å²) in [5.74, 6) is 1.11. The van der Waals surface area contributed by atoms with Crippen molar-refractivity contribution >= 4 is 29.9 Å². The number of aliphatic imine (C=N–C) groups is 1. The molecule has 3 N–H and O–H groups in total. The summed E-state index contributed by atoms with van der Waals surface area (Å²) in [6.45, 7) is 7.71. The fraction of sp³-hybridized carbons (Fsp3) is 0.471. The monoisotopic (exact) mass is 415 g/mol. The summed E-state index contributed by atoms with van der Waals surface area (Å²) < 4.78 is 0. The van der Waals surface area contributed by atoms with Crippen LogP contribution in [-0.2, 0) is 19.4 Å². The molecular weight excluding hydrogens is 389 g/mol. The third-order valence-electron chi connectivity index (χ3n) is 3.78. The van der Waals surface area contributed by atoms with Crippen LogP contribution in [0.15, 0.2) is 29.8 Å². The Bertz CT molecular complexity index is 529. The Labute approximate surface area is 150 Å². The molecule has 1 aromatic carbocycles. The Kier molecular flexibility index (Phi) is 8.30. The van der Waals surface area contributed by atoms with E-state index in [1.54, 1.807) is 12.1 Å². The molecule has 5 heteroatoms. The Balaban J connectivity index is 0.00000242. The standard InChI is InChI=1S/C17H25N3O.HI/c1-3-11-19-17(18-4-2)20-12-15-14-8-6-5-7-13(14)9-10-16(15)21;/h3,9-10,21H,1,4-8,11-12H2,2H3,(H2,18,19,20);1H. The van der Waals surface area contributed by atoms with E-state index in [-0.39, 0.29) is 24.0 Å². The highest BCUT2D eigenvalue weighted by Gasteiger charge is 2.16. The first-order valence-corrected chi connectivity index (χ1v) is 7.72. The fourth-order valence-electron chi connectivity index (χ4n) is 2.74. The Morgan fingerprint density at radius 2 is 2.09 bits per heavy atom. The van der Waals surface area contributed by atoms with Crippen LogP contribution in [0.25, 0.3) is 0 Å². The summed E-state index contributed by atoms with van der Waals surface area (Å²) in [6, 6.07) is 3.86. The lowest BCUT2D eigenvalue weighted by atomic mass is 9.88. The van der Waals surface area contributed by atoms with Gasteiger partial charge in [0.05, 0.1) is 6.54 Å². The molecule has 0 saturated heterocycles. The second-order valence-corrected chi connectivity index (χ2v) is 5.27. The summed E-state index contributed by atoms with van der Waals surface area (Å²) in [4.78, 5) is 4.58. The SMILES string of the molecule is C=CCNC(=NCc1c(O)ccc2c1CCCC2)NCC.I. The molecule has 1 aliphatic rings. The van der Waals surface area contributed by atoms with Crippen LogP contribution in [0.3, 0.4) is 0 Å². The normalized spacial score (nSPS) is 13.8. The molecule has 1 aliphatic carbocycles. The van der Waals surface area contributed by atoms with Crippen LogP contribution in [0, 0.1) is 0 Å². The number of hydrogen-bond donors (Lipinski definition) is 3. The van der Waals surface area contributed by atoms with Crippen LogP contribution in [0.5, 0.6) is 5.75 Å². The van der Waals surface area contributed by atoms with Crippen molar-refractivity contribution in [2.45, 2.75) is 39.2 Å². The number of halogens is 1. The minimum absolute atomic E-state index is 0. The number of hydrogen-bond acceptors (Lipinski definition) is 2. The van der Waals surface area contributed by atoms with Crippen molar-refractivity contribution in [3.8, 4) is 5.75 Å². The number of fused-ring (bicyclic) bond motifs is 1. The number of phenols is 1. The highest BCUT2D eigenvalue weighted by Crippen LogP contribution is 2.30. The number of nitrogens with zero attached hydrogens (tertiary/aromatic N) is 1. The average Bonchev–Trinajstić information content (AvgIpc) is 2.51. The van der Waals surface area contributed by atoms with Crippen LogP contribution in [0.4, 0.5) is 0 Å². The fourth-order valence-corrected chi connectivity index (χ4v) is 2.74. The van der Waals surface area contributed by atoms with Crippen LogP contribution in [0.1, 0.15) is 36.5 Å². The minimum atomic E-state index is 0. The minimum Gasteiger partial charge on any atom is -0.508 e. The molecule has 0 spiro atoms. The summed E-state index contributed by atoms with van der Waals surface area (Å²) in [5.41, 5.74) is 3.64. The zero-order chi connectivity index (χ0) is 15.1. The van der Waals surface area contributed by atoms with Crippen molar-refractivity contribution in [3.63, 3.8) is 0 Å². The molecule has 0 aromatic heterocycles. The number of phenolic OH excluding ortho intramolecular Hbond substituents is 1. The lowest BCUT2D eigenvalue weighted by molar-refractivity contribution is 0.465. The van der Waals surface area contributed by atoms with Crippen molar-refractivity contribution in [2.24, 2.45) is 4.99 Å². The first-order chi connectivity index (χ1) is 10.3. The maximum absolute atomic E-state index is 10.2. The smallest absolute Gasteiger partial charge is 0.191 e. The molecule has 4 nitrogen and oxygen atoms in total. The lowest BCUT2D eigenvalue weighted by Crippen LogP contribution is -2.37. The van der Waals surface area contributed by atoms with Crippen molar-refractivity contribution < 1.29 is 5.11 Å². The van der Waals surface area contributed by atoms with Crippen LogP contribution >= 0.6 is 24.0 Å². The molecule has 0 fully saturated rings. The lowest BCUT2D eigenvalue weighted by Gasteiger charge is -2.20. The number of nitrogens with one attached hydrogen (secondary N) is 2. The molecule has 0 amide bonds. The van der Waals surface area contributed by atoms with E-state index in [4.69, 9.17) is 0 Å². The van der Waals surface area contributed by atoms with Crippen LogP contribution < -0.4 is 10.6 Å². The molecule has 0 saturated carbocycles. The number of benzene rings is 1. The zero-order valence-corrected chi connectivity index (χ0v) is 15.5. The van der Waals surface area contributed by atoms with Gasteiger partial charge in [-0.2, -0.15) is 0 Å². The molecule has 0 atom stereocenters. The van der Waals surface area contributed by atoms with E-state index in [1.807, 2.05) is 6.92 Å². The Hall–Kier alpha value is -1.24. The summed E-state index contributed by atoms with van der Waals surface area (Å²) >= 11 is 0. The van der Waals surface area contributed by atoms with Gasteiger partial charge in [0, 0.05) is 18.7 Å². The van der Waals surface area contributed by atoms with E-state index in [1.165, 1.54) is 24.0 Å². The van der Waals surface area contributed by atoms with E-state index in [9.17, 15) is 5.11 Å². The molecule has 0 radical (unpaired) electrons. The van der Waals surface area contributed by atoms with Gasteiger partial charge in [0.25, 0.3) is 0 Å². The third-order valence-corrected chi connectivity index (χ3v) is 3.78. The quantitative estimate of drug-likeness (QED) is 0.300. The van der Waals surface area contributed by atoms with Gasteiger partial charge in [-0.15, -0.1) is 30.6 Å². The summed E-state index contributed by atoms with van der Waals surface area (Å²) in [6.07, 6.45) is 6.40. The first-order valence-electron chi connectivity index (χ1n) is 7.72. The van der Waals surface area contributed by atoms with Crippen molar-refractivity contribution in [1.82, 2.24) is 10.6 Å². The number of aromatic hydroxyl groups is 1. The zero-order valence-electron chi connectivity index (χ0n) is 13.2. The number of aryl methyl sites for hydroxylation is 1. The van der Waals surface area contributed by atoms with Gasteiger partial charge >= 0.3 is 0 Å². The van der Waals surface area contributed by atoms with Gasteiger partial charge in [-0.3, -0.25) is 0 Å². The van der Waals surface area contributed by atoms with Gasteiger partial charge in [-0.25, -0.2) is 4.99 Å². The van der Waals surface area contributed by atoms with Gasteiger partial charge < -0.3 is 15.7 Å². The maximum atomic E-state index is 10.2. The van der Waals surface area contributed by atoms with E-state index < -0.39 is 0 Å². The second kappa shape index (κ2) is 9.71. The Morgan fingerprint density at radius 1 is 1.32 bits per heavy atom. The van der Waals surface area contributed by atoms with Crippen molar-refractivity contribution in [2.75, 3.05) is 13.1 Å². The van der Waals surface area contributed by atoms with Gasteiger partial charge in [0.2, 0.25) is 0 Å². The average molecular weight is 415 g/mol. The van der Waals surface area contributed by atoms with E-state index in [0.717, 1.165) is 30.9 Å². The van der Waals surface area contributed by atoms with Gasteiger partial charge in [0.1, 0.15) is 5.75 Å². The molecule has 2 rings (SSSR count). The number of guanidine groups is 1. The molecule has 0 unspecified atom stereocenters. The maximum Gasteiger partial charge on any atom is 0.191 e. The van der Waals surface area contributed by atoms with Crippen LogP contribution in [0.2, 0.25) is 0 Å². The molecular formula is C17H26IN3O. The predicted molar refractivity (Wildman–Crippen MR) is 103 cm³/mol. The molecule has 0 bridgehead atoms. The molecule has 1 aromatic rings. The molecule has 22 heavy (non-hydrogen) atoms. The highest BCUT2D eigenvalue weighted by atomic mass is 127. The summed E-state index contributed by atoms with van der Waals surface area (Å²) in [7, 11) is 0. The molecule has 0 aliphatic heterocycles. The van der Waals surface area contributed by atoms with Crippen molar-refractivity contribution in [1.29, 1.82) is 0 Å².